The van der Waals surface area contributed by atoms with Gasteiger partial charge in [-0.3, -0.25) is 0 Å². The van der Waals surface area contributed by atoms with Crippen LogP contribution in [0.15, 0.2) is 35.7 Å². The SMILES string of the molecule is N#Cc1ccccc1N1CC=CS1. The average Bonchev–Trinajstić information content (AvgIpc) is 2.70. The Labute approximate surface area is 81.6 Å². The van der Waals surface area contributed by atoms with Crippen molar-refractivity contribution in [3.8, 4) is 6.07 Å². The van der Waals surface area contributed by atoms with Crippen molar-refractivity contribution in [3.05, 3.63) is 41.3 Å². The van der Waals surface area contributed by atoms with Crippen molar-refractivity contribution in [3.63, 3.8) is 0 Å². The molecule has 1 heterocycles. The highest BCUT2D eigenvalue weighted by Gasteiger charge is 2.11. The van der Waals surface area contributed by atoms with E-state index in [1.807, 2.05) is 29.7 Å². The first-order valence-electron chi connectivity index (χ1n) is 4.00. The summed E-state index contributed by atoms with van der Waals surface area (Å²) in [7, 11) is 0. The molecular weight excluding hydrogens is 180 g/mol. The topological polar surface area (TPSA) is 27.0 Å². The highest BCUT2D eigenvalue weighted by Crippen LogP contribution is 2.29. The van der Waals surface area contributed by atoms with Crippen molar-refractivity contribution >= 4 is 17.6 Å². The van der Waals surface area contributed by atoms with Gasteiger partial charge in [0.25, 0.3) is 0 Å². The number of anilines is 1. The van der Waals surface area contributed by atoms with Gasteiger partial charge in [0.1, 0.15) is 6.07 Å². The van der Waals surface area contributed by atoms with E-state index in [4.69, 9.17) is 5.26 Å². The highest BCUT2D eigenvalue weighted by atomic mass is 32.2. The molecule has 0 spiro atoms. The maximum atomic E-state index is 8.87. The molecule has 0 saturated carbocycles. The number of hydrogen-bond donors (Lipinski definition) is 0. The summed E-state index contributed by atoms with van der Waals surface area (Å²) in [6.07, 6.45) is 2.08. The normalized spacial score (nSPS) is 14.5. The van der Waals surface area contributed by atoms with Crippen LogP contribution < -0.4 is 4.31 Å². The van der Waals surface area contributed by atoms with Crippen molar-refractivity contribution in [1.82, 2.24) is 0 Å². The number of hydrogen-bond acceptors (Lipinski definition) is 3. The zero-order valence-corrected chi connectivity index (χ0v) is 7.79. The Morgan fingerprint density at radius 1 is 1.38 bits per heavy atom. The molecule has 13 heavy (non-hydrogen) atoms. The molecule has 0 aromatic heterocycles. The first kappa shape index (κ1) is 8.21. The van der Waals surface area contributed by atoms with Gasteiger partial charge in [-0.1, -0.05) is 18.2 Å². The Morgan fingerprint density at radius 3 is 2.92 bits per heavy atom. The molecule has 1 aliphatic heterocycles. The van der Waals surface area contributed by atoms with Gasteiger partial charge in [0.2, 0.25) is 0 Å². The Hall–Kier alpha value is -1.40. The summed E-state index contributed by atoms with van der Waals surface area (Å²) in [6, 6.07) is 9.84. The fourth-order valence-electron chi connectivity index (χ4n) is 1.24. The minimum Gasteiger partial charge on any atom is -0.307 e. The van der Waals surface area contributed by atoms with Crippen LogP contribution in [0.5, 0.6) is 0 Å². The molecule has 0 atom stereocenters. The molecule has 0 unspecified atom stereocenters. The molecule has 3 heteroatoms. The van der Waals surface area contributed by atoms with Crippen LogP contribution in [-0.2, 0) is 0 Å². The lowest BCUT2D eigenvalue weighted by atomic mass is 10.2. The van der Waals surface area contributed by atoms with Crippen molar-refractivity contribution in [1.29, 1.82) is 5.26 Å². The maximum absolute atomic E-state index is 8.87. The maximum Gasteiger partial charge on any atom is 0.101 e. The molecule has 1 aromatic rings. The first-order valence-corrected chi connectivity index (χ1v) is 4.84. The number of nitriles is 1. The van der Waals surface area contributed by atoms with Gasteiger partial charge in [-0.25, -0.2) is 0 Å². The third-order valence-corrected chi connectivity index (χ3v) is 2.76. The molecule has 1 aromatic carbocycles. The summed E-state index contributed by atoms with van der Waals surface area (Å²) in [5.74, 6) is 0. The molecule has 0 bridgehead atoms. The second kappa shape index (κ2) is 3.55. The van der Waals surface area contributed by atoms with E-state index in [0.29, 0.717) is 0 Å². The number of para-hydroxylation sites is 1. The molecule has 0 aliphatic carbocycles. The quantitative estimate of drug-likeness (QED) is 0.634. The predicted octanol–water partition coefficient (Wildman–Crippen LogP) is 2.54. The van der Waals surface area contributed by atoms with Crippen LogP contribution >= 0.6 is 11.9 Å². The lowest BCUT2D eigenvalue weighted by Crippen LogP contribution is -2.10. The number of rotatable bonds is 1. The van der Waals surface area contributed by atoms with E-state index in [1.54, 1.807) is 11.9 Å². The Balaban J connectivity index is 2.34. The second-order valence-corrected chi connectivity index (χ2v) is 3.59. The average molecular weight is 188 g/mol. The molecule has 64 valence electrons. The molecule has 0 radical (unpaired) electrons. The van der Waals surface area contributed by atoms with Gasteiger partial charge in [0, 0.05) is 6.54 Å². The van der Waals surface area contributed by atoms with Crippen LogP contribution in [0.25, 0.3) is 0 Å². The minimum atomic E-state index is 0.735. The fourth-order valence-corrected chi connectivity index (χ4v) is 2.00. The summed E-state index contributed by atoms with van der Waals surface area (Å²) in [6.45, 7) is 0.878. The molecule has 1 aliphatic rings. The van der Waals surface area contributed by atoms with Gasteiger partial charge < -0.3 is 4.31 Å². The van der Waals surface area contributed by atoms with Crippen LogP contribution in [0.1, 0.15) is 5.56 Å². The zero-order valence-electron chi connectivity index (χ0n) is 6.97. The smallest absolute Gasteiger partial charge is 0.101 e. The van der Waals surface area contributed by atoms with E-state index in [-0.39, 0.29) is 0 Å². The van der Waals surface area contributed by atoms with E-state index >= 15 is 0 Å². The third kappa shape index (κ3) is 1.53. The standard InChI is InChI=1S/C10H8N2S/c11-8-9-4-1-2-5-10(9)12-6-3-7-13-12/h1-5,7H,6H2. The van der Waals surface area contributed by atoms with Gasteiger partial charge >= 0.3 is 0 Å². The van der Waals surface area contributed by atoms with Crippen LogP contribution in [0.3, 0.4) is 0 Å². The monoisotopic (exact) mass is 188 g/mol. The van der Waals surface area contributed by atoms with Gasteiger partial charge in [-0.2, -0.15) is 5.26 Å². The Bertz CT molecular complexity index is 371. The summed E-state index contributed by atoms with van der Waals surface area (Å²) in [4.78, 5) is 0. The molecule has 0 N–H and O–H groups in total. The second-order valence-electron chi connectivity index (χ2n) is 2.67. The van der Waals surface area contributed by atoms with E-state index in [9.17, 15) is 0 Å². The van der Waals surface area contributed by atoms with E-state index in [2.05, 4.69) is 16.5 Å². The lowest BCUT2D eigenvalue weighted by molar-refractivity contribution is 1.23. The Morgan fingerprint density at radius 2 is 2.23 bits per heavy atom. The van der Waals surface area contributed by atoms with E-state index in [0.717, 1.165) is 17.8 Å². The van der Waals surface area contributed by atoms with Gasteiger partial charge in [0.05, 0.1) is 11.3 Å². The van der Waals surface area contributed by atoms with Crippen molar-refractivity contribution in [2.75, 3.05) is 10.8 Å². The molecule has 0 saturated heterocycles. The molecule has 0 amide bonds. The summed E-state index contributed by atoms with van der Waals surface area (Å²) < 4.78 is 2.10. The first-order chi connectivity index (χ1) is 6.42. The van der Waals surface area contributed by atoms with Crippen LogP contribution in [0, 0.1) is 11.3 Å². The predicted molar refractivity (Wildman–Crippen MR) is 55.2 cm³/mol. The highest BCUT2D eigenvalue weighted by molar-refractivity contribution is 8.03. The van der Waals surface area contributed by atoms with Gasteiger partial charge in [0.15, 0.2) is 0 Å². The summed E-state index contributed by atoms with van der Waals surface area (Å²) >= 11 is 1.63. The van der Waals surface area contributed by atoms with Crippen molar-refractivity contribution in [2.24, 2.45) is 0 Å². The minimum absolute atomic E-state index is 0.735. The van der Waals surface area contributed by atoms with Gasteiger partial charge in [-0.05, 0) is 29.5 Å². The molecule has 2 rings (SSSR count). The van der Waals surface area contributed by atoms with Gasteiger partial charge in [-0.15, -0.1) is 0 Å². The van der Waals surface area contributed by atoms with Crippen molar-refractivity contribution < 1.29 is 0 Å². The number of nitrogens with zero attached hydrogens (tertiary/aromatic N) is 2. The van der Waals surface area contributed by atoms with E-state index < -0.39 is 0 Å². The van der Waals surface area contributed by atoms with E-state index in [1.165, 1.54) is 0 Å². The number of benzene rings is 1. The summed E-state index contributed by atoms with van der Waals surface area (Å²) in [5, 5.41) is 10.9. The lowest BCUT2D eigenvalue weighted by Gasteiger charge is -2.16. The van der Waals surface area contributed by atoms with Crippen LogP contribution in [0.2, 0.25) is 0 Å². The zero-order chi connectivity index (χ0) is 9.10. The molecular formula is C10H8N2S. The van der Waals surface area contributed by atoms with Crippen LogP contribution in [-0.4, -0.2) is 6.54 Å². The van der Waals surface area contributed by atoms with Crippen LogP contribution in [0.4, 0.5) is 5.69 Å². The van der Waals surface area contributed by atoms with Crippen molar-refractivity contribution in [2.45, 2.75) is 0 Å². The Kier molecular flexibility index (Phi) is 2.24. The third-order valence-electron chi connectivity index (χ3n) is 1.85. The molecule has 2 nitrogen and oxygen atoms in total. The largest absolute Gasteiger partial charge is 0.307 e. The molecule has 0 fully saturated rings. The summed E-state index contributed by atoms with van der Waals surface area (Å²) in [5.41, 5.74) is 1.73. The fraction of sp³-hybridized carbons (Fsp3) is 0.100.